The number of aromatic amines is 1. The Balaban J connectivity index is 2.28. The first kappa shape index (κ1) is 8.74. The van der Waals surface area contributed by atoms with Gasteiger partial charge in [0.2, 0.25) is 0 Å². The molecule has 1 aromatic carbocycles. The van der Waals surface area contributed by atoms with Crippen LogP contribution in [-0.2, 0) is 0 Å². The van der Waals surface area contributed by atoms with Crippen LogP contribution in [0, 0.1) is 12.7 Å². The fourth-order valence-corrected chi connectivity index (χ4v) is 1.21. The fourth-order valence-electron chi connectivity index (χ4n) is 1.21. The van der Waals surface area contributed by atoms with Gasteiger partial charge in [-0.2, -0.15) is 5.10 Å². The van der Waals surface area contributed by atoms with Gasteiger partial charge in [-0.15, -0.1) is 0 Å². The summed E-state index contributed by atoms with van der Waals surface area (Å²) in [5.74, 6) is -0.267. The van der Waals surface area contributed by atoms with Crippen molar-refractivity contribution in [1.82, 2.24) is 10.2 Å². The van der Waals surface area contributed by atoms with Gasteiger partial charge in [-0.25, -0.2) is 4.39 Å². The maximum Gasteiger partial charge on any atom is 0.146 e. The van der Waals surface area contributed by atoms with Crippen LogP contribution in [-0.4, -0.2) is 10.2 Å². The number of nitrogens with one attached hydrogen (secondary N) is 2. The zero-order valence-corrected chi connectivity index (χ0v) is 7.71. The monoisotopic (exact) mass is 191 g/mol. The molecule has 2 aromatic rings. The van der Waals surface area contributed by atoms with Crippen LogP contribution >= 0.6 is 0 Å². The Labute approximate surface area is 81.0 Å². The molecule has 4 heteroatoms. The second-order valence-corrected chi connectivity index (χ2v) is 3.10. The molecule has 0 atom stereocenters. The molecule has 3 nitrogen and oxygen atoms in total. The third-order valence-electron chi connectivity index (χ3n) is 1.90. The van der Waals surface area contributed by atoms with Gasteiger partial charge < -0.3 is 5.32 Å². The van der Waals surface area contributed by atoms with E-state index in [0.717, 1.165) is 11.3 Å². The summed E-state index contributed by atoms with van der Waals surface area (Å²) in [6.07, 6.45) is 3.27. The van der Waals surface area contributed by atoms with E-state index in [2.05, 4.69) is 15.5 Å². The van der Waals surface area contributed by atoms with E-state index in [-0.39, 0.29) is 5.82 Å². The minimum atomic E-state index is -0.267. The van der Waals surface area contributed by atoms with Crippen molar-refractivity contribution in [3.8, 4) is 0 Å². The molecular weight excluding hydrogens is 181 g/mol. The standard InChI is InChI=1S/C10H10FN3/c1-7-2-3-9(11)10(4-7)14-8-5-12-13-6-8/h2-6,14H,1H3,(H,12,13). The highest BCUT2D eigenvalue weighted by atomic mass is 19.1. The van der Waals surface area contributed by atoms with Crippen molar-refractivity contribution in [2.24, 2.45) is 0 Å². The van der Waals surface area contributed by atoms with E-state index in [4.69, 9.17) is 0 Å². The van der Waals surface area contributed by atoms with Crippen molar-refractivity contribution in [3.63, 3.8) is 0 Å². The number of benzene rings is 1. The Kier molecular flexibility index (Phi) is 2.18. The highest BCUT2D eigenvalue weighted by Gasteiger charge is 2.02. The number of halogens is 1. The number of hydrogen-bond acceptors (Lipinski definition) is 2. The number of aryl methyl sites for hydroxylation is 1. The van der Waals surface area contributed by atoms with E-state index < -0.39 is 0 Å². The second-order valence-electron chi connectivity index (χ2n) is 3.10. The predicted octanol–water partition coefficient (Wildman–Crippen LogP) is 2.60. The molecule has 0 saturated carbocycles. The van der Waals surface area contributed by atoms with Crippen molar-refractivity contribution >= 4 is 11.4 Å². The molecule has 0 unspecified atom stereocenters. The molecule has 0 spiro atoms. The molecule has 1 heterocycles. The van der Waals surface area contributed by atoms with Gasteiger partial charge >= 0.3 is 0 Å². The lowest BCUT2D eigenvalue weighted by atomic mass is 10.2. The topological polar surface area (TPSA) is 40.7 Å². The van der Waals surface area contributed by atoms with E-state index in [1.165, 1.54) is 6.07 Å². The number of nitrogens with zero attached hydrogens (tertiary/aromatic N) is 1. The predicted molar refractivity (Wildman–Crippen MR) is 53.0 cm³/mol. The maximum absolute atomic E-state index is 13.3. The minimum absolute atomic E-state index is 0.267. The van der Waals surface area contributed by atoms with Crippen molar-refractivity contribution in [2.75, 3.05) is 5.32 Å². The van der Waals surface area contributed by atoms with Gasteiger partial charge in [-0.3, -0.25) is 5.10 Å². The summed E-state index contributed by atoms with van der Waals surface area (Å²) < 4.78 is 13.3. The minimum Gasteiger partial charge on any atom is -0.351 e. The molecule has 0 radical (unpaired) electrons. The third-order valence-corrected chi connectivity index (χ3v) is 1.90. The summed E-state index contributed by atoms with van der Waals surface area (Å²) in [5.41, 5.74) is 2.22. The lowest BCUT2D eigenvalue weighted by Crippen LogP contribution is -1.92. The van der Waals surface area contributed by atoms with E-state index >= 15 is 0 Å². The summed E-state index contributed by atoms with van der Waals surface area (Å²) >= 11 is 0. The van der Waals surface area contributed by atoms with E-state index in [0.29, 0.717) is 5.69 Å². The third kappa shape index (κ3) is 1.74. The first-order valence-corrected chi connectivity index (χ1v) is 4.27. The molecule has 14 heavy (non-hydrogen) atoms. The van der Waals surface area contributed by atoms with Gasteiger partial charge in [0, 0.05) is 6.20 Å². The zero-order chi connectivity index (χ0) is 9.97. The molecular formula is C10H10FN3. The second kappa shape index (κ2) is 3.49. The number of aromatic nitrogens is 2. The summed E-state index contributed by atoms with van der Waals surface area (Å²) in [6.45, 7) is 1.92. The number of hydrogen-bond donors (Lipinski definition) is 2. The van der Waals surface area contributed by atoms with Crippen molar-refractivity contribution in [3.05, 3.63) is 42.0 Å². The molecule has 0 aliphatic heterocycles. The molecule has 72 valence electrons. The number of anilines is 2. The number of H-pyrrole nitrogens is 1. The highest BCUT2D eigenvalue weighted by molar-refractivity contribution is 5.59. The average Bonchev–Trinajstić information content (AvgIpc) is 2.64. The van der Waals surface area contributed by atoms with Crippen LogP contribution in [0.2, 0.25) is 0 Å². The molecule has 0 amide bonds. The Morgan fingerprint density at radius 1 is 1.43 bits per heavy atom. The maximum atomic E-state index is 13.3. The Bertz CT molecular complexity index is 423. The van der Waals surface area contributed by atoms with Gasteiger partial charge in [-0.05, 0) is 24.6 Å². The SMILES string of the molecule is Cc1ccc(F)c(Nc2cn[nH]c2)c1. The van der Waals surface area contributed by atoms with E-state index in [9.17, 15) is 4.39 Å². The summed E-state index contributed by atoms with van der Waals surface area (Å²) in [4.78, 5) is 0. The van der Waals surface area contributed by atoms with Gasteiger partial charge in [0.1, 0.15) is 5.82 Å². The quantitative estimate of drug-likeness (QED) is 0.766. The molecule has 2 rings (SSSR count). The van der Waals surface area contributed by atoms with Gasteiger partial charge in [0.25, 0.3) is 0 Å². The van der Waals surface area contributed by atoms with Crippen LogP contribution in [0.5, 0.6) is 0 Å². The molecule has 0 bridgehead atoms. The van der Waals surface area contributed by atoms with Gasteiger partial charge in [0.15, 0.2) is 0 Å². The molecule has 0 aliphatic rings. The largest absolute Gasteiger partial charge is 0.351 e. The Hall–Kier alpha value is -1.84. The first-order valence-electron chi connectivity index (χ1n) is 4.27. The lowest BCUT2D eigenvalue weighted by Gasteiger charge is -2.05. The highest BCUT2D eigenvalue weighted by Crippen LogP contribution is 2.19. The lowest BCUT2D eigenvalue weighted by molar-refractivity contribution is 0.631. The normalized spacial score (nSPS) is 10.1. The van der Waals surface area contributed by atoms with Crippen LogP contribution < -0.4 is 5.32 Å². The zero-order valence-electron chi connectivity index (χ0n) is 7.71. The average molecular weight is 191 g/mol. The first-order chi connectivity index (χ1) is 6.75. The van der Waals surface area contributed by atoms with Crippen LogP contribution in [0.25, 0.3) is 0 Å². The van der Waals surface area contributed by atoms with E-state index in [1.54, 1.807) is 24.5 Å². The summed E-state index contributed by atoms with van der Waals surface area (Å²) in [5, 5.41) is 9.33. The summed E-state index contributed by atoms with van der Waals surface area (Å²) in [6, 6.07) is 4.93. The molecule has 2 N–H and O–H groups in total. The Morgan fingerprint density at radius 3 is 3.00 bits per heavy atom. The van der Waals surface area contributed by atoms with Crippen molar-refractivity contribution < 1.29 is 4.39 Å². The Morgan fingerprint density at radius 2 is 2.29 bits per heavy atom. The van der Waals surface area contributed by atoms with Crippen molar-refractivity contribution in [1.29, 1.82) is 0 Å². The number of rotatable bonds is 2. The van der Waals surface area contributed by atoms with Gasteiger partial charge in [-0.1, -0.05) is 6.07 Å². The van der Waals surface area contributed by atoms with Crippen LogP contribution in [0.4, 0.5) is 15.8 Å². The van der Waals surface area contributed by atoms with Crippen molar-refractivity contribution in [2.45, 2.75) is 6.92 Å². The van der Waals surface area contributed by atoms with Crippen LogP contribution in [0.1, 0.15) is 5.56 Å². The smallest absolute Gasteiger partial charge is 0.146 e. The van der Waals surface area contributed by atoms with Gasteiger partial charge in [0.05, 0.1) is 17.6 Å². The molecule has 1 aromatic heterocycles. The fraction of sp³-hybridized carbons (Fsp3) is 0.100. The van der Waals surface area contributed by atoms with Crippen LogP contribution in [0.15, 0.2) is 30.6 Å². The molecule has 0 fully saturated rings. The van der Waals surface area contributed by atoms with Crippen LogP contribution in [0.3, 0.4) is 0 Å². The molecule has 0 saturated heterocycles. The summed E-state index contributed by atoms with van der Waals surface area (Å²) in [7, 11) is 0. The van der Waals surface area contributed by atoms with E-state index in [1.807, 2.05) is 6.92 Å². The molecule has 0 aliphatic carbocycles.